The Morgan fingerprint density at radius 3 is 2.30 bits per heavy atom. The molecule has 138 valence electrons. The molecule has 1 fully saturated rings. The number of rotatable bonds is 5. The average Bonchev–Trinajstić information content (AvgIpc) is 2.74. The van der Waals surface area contributed by atoms with Gasteiger partial charge in [0.15, 0.2) is 0 Å². The second kappa shape index (κ2) is 8.39. The summed E-state index contributed by atoms with van der Waals surface area (Å²) in [4.78, 5) is 13.4. The highest BCUT2D eigenvalue weighted by Gasteiger charge is 2.19. The molecule has 0 aliphatic carbocycles. The van der Waals surface area contributed by atoms with E-state index in [1.165, 1.54) is 17.7 Å². The number of nitrogens with zero attached hydrogens (tertiary/aromatic N) is 4. The zero-order valence-electron chi connectivity index (χ0n) is 15.0. The molecule has 4 nitrogen and oxygen atoms in total. The first kappa shape index (κ1) is 17.8. The second-order valence-corrected chi connectivity index (χ2v) is 7.43. The fourth-order valence-corrected chi connectivity index (χ4v) is 3.98. The van der Waals surface area contributed by atoms with Crippen molar-refractivity contribution >= 4 is 23.3 Å². The predicted molar refractivity (Wildman–Crippen MR) is 109 cm³/mol. The van der Waals surface area contributed by atoms with Crippen LogP contribution in [0.5, 0.6) is 0 Å². The van der Waals surface area contributed by atoms with Crippen LogP contribution in [0.4, 0.5) is 15.9 Å². The van der Waals surface area contributed by atoms with E-state index >= 15 is 0 Å². The molecule has 0 spiro atoms. The summed E-state index contributed by atoms with van der Waals surface area (Å²) in [5.41, 5.74) is 2.36. The topological polar surface area (TPSA) is 32.3 Å². The maximum absolute atomic E-state index is 13.1. The molecular weight excluding hydrogens is 359 g/mol. The zero-order valence-corrected chi connectivity index (χ0v) is 15.8. The lowest BCUT2D eigenvalue weighted by molar-refractivity contribution is 0.624. The van der Waals surface area contributed by atoms with E-state index in [-0.39, 0.29) is 5.82 Å². The van der Waals surface area contributed by atoms with Crippen molar-refractivity contribution in [3.8, 4) is 0 Å². The van der Waals surface area contributed by atoms with Crippen LogP contribution in [-0.4, -0.2) is 36.1 Å². The van der Waals surface area contributed by atoms with Gasteiger partial charge in [0, 0.05) is 43.7 Å². The van der Waals surface area contributed by atoms with Crippen molar-refractivity contribution in [2.75, 3.05) is 36.0 Å². The Balaban J connectivity index is 1.36. The molecule has 0 saturated carbocycles. The lowest BCUT2D eigenvalue weighted by Crippen LogP contribution is -2.46. The monoisotopic (exact) mass is 380 g/mol. The Morgan fingerprint density at radius 1 is 0.852 bits per heavy atom. The quantitative estimate of drug-likeness (QED) is 0.488. The van der Waals surface area contributed by atoms with Gasteiger partial charge in [0.2, 0.25) is 0 Å². The molecule has 6 heteroatoms. The standard InChI is InChI=1S/C21H21FN4S/c22-18-6-8-19(9-7-18)25-10-12-26(13-11-25)20-14-21(24-16-23-20)27-15-17-4-2-1-3-5-17/h1-9,14,16H,10-13,15H2. The third-order valence-corrected chi connectivity index (χ3v) is 5.65. The first-order valence-corrected chi connectivity index (χ1v) is 10.0. The summed E-state index contributed by atoms with van der Waals surface area (Å²) in [6.07, 6.45) is 1.65. The molecule has 0 bridgehead atoms. The van der Waals surface area contributed by atoms with Gasteiger partial charge in [-0.1, -0.05) is 30.3 Å². The van der Waals surface area contributed by atoms with Crippen molar-refractivity contribution in [2.24, 2.45) is 0 Å². The second-order valence-electron chi connectivity index (χ2n) is 6.44. The van der Waals surface area contributed by atoms with Crippen LogP contribution in [0.1, 0.15) is 5.56 Å². The zero-order chi connectivity index (χ0) is 18.5. The molecule has 2 aromatic carbocycles. The Bertz CT molecular complexity index is 865. The van der Waals surface area contributed by atoms with Gasteiger partial charge < -0.3 is 9.80 Å². The van der Waals surface area contributed by atoms with Gasteiger partial charge in [-0.25, -0.2) is 14.4 Å². The Kier molecular flexibility index (Phi) is 5.53. The maximum atomic E-state index is 13.1. The lowest BCUT2D eigenvalue weighted by Gasteiger charge is -2.36. The van der Waals surface area contributed by atoms with Gasteiger partial charge >= 0.3 is 0 Å². The summed E-state index contributed by atoms with van der Waals surface area (Å²) in [5, 5.41) is 0.991. The van der Waals surface area contributed by atoms with Gasteiger partial charge in [0.1, 0.15) is 23.0 Å². The van der Waals surface area contributed by atoms with E-state index in [1.54, 1.807) is 18.1 Å². The molecule has 0 amide bonds. The number of anilines is 2. The maximum Gasteiger partial charge on any atom is 0.133 e. The summed E-state index contributed by atoms with van der Waals surface area (Å²) >= 11 is 1.73. The van der Waals surface area contributed by atoms with Crippen LogP contribution in [0.15, 0.2) is 72.0 Å². The highest BCUT2D eigenvalue weighted by molar-refractivity contribution is 7.98. The number of piperazine rings is 1. The molecule has 1 saturated heterocycles. The van der Waals surface area contributed by atoms with E-state index in [4.69, 9.17) is 0 Å². The molecule has 1 aliphatic rings. The molecule has 1 aliphatic heterocycles. The minimum absolute atomic E-state index is 0.195. The fourth-order valence-electron chi connectivity index (χ4n) is 3.16. The number of thioether (sulfide) groups is 1. The van der Waals surface area contributed by atoms with Crippen LogP contribution in [-0.2, 0) is 5.75 Å². The van der Waals surface area contributed by atoms with Gasteiger partial charge in [-0.05, 0) is 29.8 Å². The highest BCUT2D eigenvalue weighted by Crippen LogP contribution is 2.25. The van der Waals surface area contributed by atoms with Gasteiger partial charge in [0.25, 0.3) is 0 Å². The van der Waals surface area contributed by atoms with E-state index < -0.39 is 0 Å². The molecular formula is C21H21FN4S. The summed E-state index contributed by atoms with van der Waals surface area (Å²) in [6.45, 7) is 3.55. The molecule has 27 heavy (non-hydrogen) atoms. The molecule has 0 atom stereocenters. The van der Waals surface area contributed by atoms with Crippen molar-refractivity contribution in [1.82, 2.24) is 9.97 Å². The molecule has 0 N–H and O–H groups in total. The van der Waals surface area contributed by atoms with Crippen LogP contribution in [0.25, 0.3) is 0 Å². The van der Waals surface area contributed by atoms with Gasteiger partial charge in [-0.3, -0.25) is 0 Å². The molecule has 4 rings (SSSR count). The summed E-state index contributed by atoms with van der Waals surface area (Å²) < 4.78 is 13.1. The third kappa shape index (κ3) is 4.57. The Hall–Kier alpha value is -2.60. The van der Waals surface area contributed by atoms with Crippen molar-refractivity contribution in [3.63, 3.8) is 0 Å². The molecule has 1 aromatic heterocycles. The highest BCUT2D eigenvalue weighted by atomic mass is 32.2. The summed E-state index contributed by atoms with van der Waals surface area (Å²) in [7, 11) is 0. The van der Waals surface area contributed by atoms with Crippen molar-refractivity contribution in [1.29, 1.82) is 0 Å². The minimum Gasteiger partial charge on any atom is -0.368 e. The third-order valence-electron chi connectivity index (χ3n) is 4.65. The summed E-state index contributed by atoms with van der Waals surface area (Å²) in [5.74, 6) is 1.67. The Labute approximate surface area is 163 Å². The number of aromatic nitrogens is 2. The Morgan fingerprint density at radius 2 is 1.56 bits per heavy atom. The fraction of sp³-hybridized carbons (Fsp3) is 0.238. The largest absolute Gasteiger partial charge is 0.368 e. The smallest absolute Gasteiger partial charge is 0.133 e. The summed E-state index contributed by atoms with van der Waals surface area (Å²) in [6, 6.07) is 19.2. The number of hydrogen-bond donors (Lipinski definition) is 0. The van der Waals surface area contributed by atoms with Crippen molar-refractivity contribution < 1.29 is 4.39 Å². The van der Waals surface area contributed by atoms with Crippen LogP contribution >= 0.6 is 11.8 Å². The minimum atomic E-state index is -0.195. The lowest BCUT2D eigenvalue weighted by atomic mass is 10.2. The van der Waals surface area contributed by atoms with Gasteiger partial charge in [-0.15, -0.1) is 11.8 Å². The SMILES string of the molecule is Fc1ccc(N2CCN(c3cc(SCc4ccccc4)ncn3)CC2)cc1. The van der Waals surface area contributed by atoms with Crippen LogP contribution in [0, 0.1) is 5.82 Å². The van der Waals surface area contributed by atoms with E-state index in [9.17, 15) is 4.39 Å². The van der Waals surface area contributed by atoms with E-state index in [1.807, 2.05) is 18.2 Å². The molecule has 0 unspecified atom stereocenters. The van der Waals surface area contributed by atoms with Gasteiger partial charge in [0.05, 0.1) is 0 Å². The van der Waals surface area contributed by atoms with Crippen LogP contribution in [0.3, 0.4) is 0 Å². The number of halogens is 1. The van der Waals surface area contributed by atoms with E-state index in [0.29, 0.717) is 0 Å². The normalized spacial score (nSPS) is 14.4. The molecule has 2 heterocycles. The first-order chi connectivity index (χ1) is 13.3. The van der Waals surface area contributed by atoms with E-state index in [2.05, 4.69) is 50.1 Å². The van der Waals surface area contributed by atoms with Crippen molar-refractivity contribution in [3.05, 3.63) is 78.4 Å². The van der Waals surface area contributed by atoms with Crippen LogP contribution < -0.4 is 9.80 Å². The molecule has 3 aromatic rings. The van der Waals surface area contributed by atoms with E-state index in [0.717, 1.165) is 48.5 Å². The van der Waals surface area contributed by atoms with Crippen LogP contribution in [0.2, 0.25) is 0 Å². The number of hydrogen-bond acceptors (Lipinski definition) is 5. The van der Waals surface area contributed by atoms with Crippen molar-refractivity contribution in [2.45, 2.75) is 10.8 Å². The predicted octanol–water partition coefficient (Wildman–Crippen LogP) is 4.23. The van der Waals surface area contributed by atoms with Gasteiger partial charge in [-0.2, -0.15) is 0 Å². The molecule has 0 radical (unpaired) electrons. The number of benzene rings is 2. The average molecular weight is 380 g/mol. The first-order valence-electron chi connectivity index (χ1n) is 9.02.